The van der Waals surface area contributed by atoms with Gasteiger partial charge in [-0.3, -0.25) is 19.5 Å². The van der Waals surface area contributed by atoms with Crippen molar-refractivity contribution in [1.29, 1.82) is 0 Å². The monoisotopic (exact) mass is 591 g/mol. The second-order valence-electron chi connectivity index (χ2n) is 7.98. The summed E-state index contributed by atoms with van der Waals surface area (Å²) in [4.78, 5) is 18.6. The molecule has 1 fully saturated rings. The van der Waals surface area contributed by atoms with Gasteiger partial charge in [0.05, 0.1) is 0 Å². The molecule has 1 aromatic rings. The predicted molar refractivity (Wildman–Crippen MR) is 105 cm³/mol. The Bertz CT molecular complexity index is 583. The molecule has 1 heterocycles. The SMILES string of the molecule is Cc1cc(CN2CCN(C(C)C)CCN(C(C)C)CC2)cc([O-])c1C=O.[Cl-].[Cl-].[Cl-].[Cu+2].[Cu+2]. The van der Waals surface area contributed by atoms with Crippen molar-refractivity contribution in [2.75, 3.05) is 39.3 Å². The van der Waals surface area contributed by atoms with Crippen LogP contribution in [0.2, 0.25) is 0 Å². The Morgan fingerprint density at radius 3 is 1.65 bits per heavy atom. The third-order valence-corrected chi connectivity index (χ3v) is 5.47. The molecule has 188 valence electrons. The summed E-state index contributed by atoms with van der Waals surface area (Å²) < 4.78 is 0. The van der Waals surface area contributed by atoms with Crippen LogP contribution in [-0.2, 0) is 40.7 Å². The van der Waals surface area contributed by atoms with E-state index in [2.05, 4.69) is 42.4 Å². The zero-order valence-corrected chi connectivity index (χ0v) is 22.9. The van der Waals surface area contributed by atoms with Crippen LogP contribution in [0.25, 0.3) is 0 Å². The van der Waals surface area contributed by atoms with Crippen LogP contribution in [-0.4, -0.2) is 72.3 Å². The Labute approximate surface area is 228 Å². The maximum atomic E-state index is 12.1. The summed E-state index contributed by atoms with van der Waals surface area (Å²) in [6.45, 7) is 17.9. The summed E-state index contributed by atoms with van der Waals surface area (Å²) in [5.74, 6) is -0.160. The fourth-order valence-corrected chi connectivity index (χ4v) is 3.66. The van der Waals surface area contributed by atoms with Gasteiger partial charge in [0.1, 0.15) is 6.29 Å². The largest absolute Gasteiger partial charge is 2.00 e. The fourth-order valence-electron chi connectivity index (χ4n) is 3.66. The molecule has 0 atom stereocenters. The Morgan fingerprint density at radius 2 is 1.29 bits per heavy atom. The Hall–Kier alpha value is 0.479. The molecular formula is C21H34Cl3Cu2N3O2. The molecule has 0 aliphatic carbocycles. The van der Waals surface area contributed by atoms with E-state index in [0.717, 1.165) is 56.9 Å². The van der Waals surface area contributed by atoms with Crippen molar-refractivity contribution in [3.05, 3.63) is 28.8 Å². The first-order chi connectivity index (χ1) is 12.3. The van der Waals surface area contributed by atoms with Crippen LogP contribution >= 0.6 is 0 Å². The van der Waals surface area contributed by atoms with Crippen molar-refractivity contribution in [2.24, 2.45) is 0 Å². The Balaban J connectivity index is -0.000000729. The van der Waals surface area contributed by atoms with Gasteiger partial charge in [-0.05, 0) is 45.7 Å². The molecule has 0 unspecified atom stereocenters. The summed E-state index contributed by atoms with van der Waals surface area (Å²) in [5.41, 5.74) is 2.07. The van der Waals surface area contributed by atoms with E-state index in [1.54, 1.807) is 6.07 Å². The number of carbonyl (C=O) groups excluding carboxylic acids is 1. The summed E-state index contributed by atoms with van der Waals surface area (Å²) in [6.07, 6.45) is 0.669. The molecule has 10 heteroatoms. The molecule has 1 aliphatic rings. The van der Waals surface area contributed by atoms with E-state index in [0.29, 0.717) is 18.4 Å². The predicted octanol–water partition coefficient (Wildman–Crippen LogP) is -6.88. The van der Waals surface area contributed by atoms with E-state index in [1.807, 2.05) is 13.0 Å². The number of nitrogens with zero attached hydrogens (tertiary/aromatic N) is 3. The molecule has 0 amide bonds. The normalized spacial score (nSPS) is 15.7. The van der Waals surface area contributed by atoms with E-state index in [1.165, 1.54) is 0 Å². The quantitative estimate of drug-likeness (QED) is 0.251. The van der Waals surface area contributed by atoms with E-state index in [4.69, 9.17) is 0 Å². The topological polar surface area (TPSA) is 49.9 Å². The number of rotatable bonds is 5. The van der Waals surface area contributed by atoms with Gasteiger partial charge in [-0.1, -0.05) is 17.9 Å². The number of aldehydes is 1. The molecule has 0 saturated carbocycles. The van der Waals surface area contributed by atoms with Gasteiger partial charge in [-0.2, -0.15) is 0 Å². The van der Waals surface area contributed by atoms with Crippen molar-refractivity contribution < 1.29 is 81.3 Å². The van der Waals surface area contributed by atoms with Gasteiger partial charge in [-0.15, -0.1) is 0 Å². The summed E-state index contributed by atoms with van der Waals surface area (Å²) >= 11 is 0. The van der Waals surface area contributed by atoms with Crippen molar-refractivity contribution in [3.8, 4) is 5.75 Å². The number of aryl methyl sites for hydroxylation is 1. The first kappa shape index (κ1) is 38.7. The van der Waals surface area contributed by atoms with Crippen LogP contribution in [0.1, 0.15) is 49.2 Å². The molecule has 0 spiro atoms. The number of hydrogen-bond acceptors (Lipinski definition) is 5. The molecule has 5 nitrogen and oxygen atoms in total. The second kappa shape index (κ2) is 18.9. The summed E-state index contributed by atoms with van der Waals surface area (Å²) in [6, 6.07) is 4.68. The molecule has 2 rings (SSSR count). The van der Waals surface area contributed by atoms with Crippen LogP contribution < -0.4 is 42.3 Å². The molecule has 1 aromatic carbocycles. The molecule has 0 aromatic heterocycles. The minimum absolute atomic E-state index is 0. The van der Waals surface area contributed by atoms with Crippen LogP contribution in [0.15, 0.2) is 12.1 Å². The van der Waals surface area contributed by atoms with E-state index in [9.17, 15) is 9.90 Å². The molecule has 0 N–H and O–H groups in total. The number of carbonyl (C=O) groups is 1. The van der Waals surface area contributed by atoms with E-state index >= 15 is 0 Å². The minimum atomic E-state index is -0.160. The number of benzene rings is 1. The molecule has 31 heavy (non-hydrogen) atoms. The van der Waals surface area contributed by atoms with Gasteiger partial charge in [0, 0.05) is 63.5 Å². The Kier molecular flexibility index (Phi) is 23.6. The van der Waals surface area contributed by atoms with Crippen LogP contribution in [0.5, 0.6) is 5.75 Å². The van der Waals surface area contributed by atoms with Gasteiger partial charge in [0.2, 0.25) is 0 Å². The van der Waals surface area contributed by atoms with Crippen LogP contribution in [0.4, 0.5) is 0 Å². The van der Waals surface area contributed by atoms with E-state index < -0.39 is 0 Å². The molecule has 1 aliphatic heterocycles. The van der Waals surface area contributed by atoms with Crippen molar-refractivity contribution in [2.45, 2.75) is 53.2 Å². The number of halogens is 3. The molecule has 0 bridgehead atoms. The zero-order valence-electron chi connectivity index (χ0n) is 18.7. The van der Waals surface area contributed by atoms with Gasteiger partial charge < -0.3 is 42.3 Å². The third-order valence-electron chi connectivity index (χ3n) is 5.47. The molecular weight excluding hydrogens is 560 g/mol. The summed E-state index contributed by atoms with van der Waals surface area (Å²) in [5, 5.41) is 12.1. The maximum Gasteiger partial charge on any atom is 2.00 e. The second-order valence-corrected chi connectivity index (χ2v) is 7.98. The fraction of sp³-hybridized carbons (Fsp3) is 0.667. The zero-order chi connectivity index (χ0) is 19.3. The van der Waals surface area contributed by atoms with Crippen LogP contribution in [0, 0.1) is 6.92 Å². The first-order valence-corrected chi connectivity index (χ1v) is 9.78. The van der Waals surface area contributed by atoms with Crippen molar-refractivity contribution >= 4 is 6.29 Å². The average Bonchev–Trinajstić information content (AvgIpc) is 2.65. The third kappa shape index (κ3) is 12.0. The Morgan fingerprint density at radius 1 is 0.871 bits per heavy atom. The molecule has 2 radical (unpaired) electrons. The van der Waals surface area contributed by atoms with Crippen LogP contribution in [0.3, 0.4) is 0 Å². The molecule has 1 saturated heterocycles. The maximum absolute atomic E-state index is 12.1. The van der Waals surface area contributed by atoms with Crippen molar-refractivity contribution in [1.82, 2.24) is 14.7 Å². The van der Waals surface area contributed by atoms with Gasteiger partial charge in [-0.25, -0.2) is 0 Å². The van der Waals surface area contributed by atoms with Crippen molar-refractivity contribution in [3.63, 3.8) is 0 Å². The first-order valence-electron chi connectivity index (χ1n) is 9.78. The average molecular weight is 594 g/mol. The smallest absolute Gasteiger partial charge is 1.00 e. The minimum Gasteiger partial charge on any atom is -1.00 e. The standard InChI is InChI=1S/C21H35N3O2.3ClH.2Cu/c1-16(2)23-8-6-22(7-9-24(11-10-23)17(3)4)14-19-12-18(5)20(15-25)21(26)13-19;;;;;/h12-13,15-17,26H,6-11,14H2,1-5H3;3*1H;;/q;;;;2*+2/p-4. The van der Waals surface area contributed by atoms with Gasteiger partial charge in [0.15, 0.2) is 0 Å². The van der Waals surface area contributed by atoms with Gasteiger partial charge in [0.25, 0.3) is 0 Å². The number of hydrogen-bond donors (Lipinski definition) is 0. The van der Waals surface area contributed by atoms with Gasteiger partial charge >= 0.3 is 34.1 Å². The summed E-state index contributed by atoms with van der Waals surface area (Å²) in [7, 11) is 0. The van der Waals surface area contributed by atoms with E-state index in [-0.39, 0.29) is 82.7 Å².